The van der Waals surface area contributed by atoms with Crippen LogP contribution in [0.1, 0.15) is 27.2 Å². The Kier molecular flexibility index (Phi) is 5.23. The Morgan fingerprint density at radius 1 is 1.45 bits per heavy atom. The van der Waals surface area contributed by atoms with Gasteiger partial charge in [0.15, 0.2) is 0 Å². The van der Waals surface area contributed by atoms with Crippen LogP contribution in [0.15, 0.2) is 0 Å². The first-order valence-electron chi connectivity index (χ1n) is 3.81. The van der Waals surface area contributed by atoms with E-state index in [0.29, 0.717) is 11.2 Å². The van der Waals surface area contributed by atoms with E-state index in [2.05, 4.69) is 45.7 Å². The highest BCUT2D eigenvalue weighted by molar-refractivity contribution is 9.12. The van der Waals surface area contributed by atoms with Crippen molar-refractivity contribution >= 4 is 31.9 Å². The molecule has 2 unspecified atom stereocenters. The van der Waals surface area contributed by atoms with Crippen molar-refractivity contribution in [2.75, 3.05) is 5.33 Å². The standard InChI is InChI=1S/C8H15Br2O/c1-6(2)4-7(11)8(3,10)5-9/h6-7H,4-5H2,1-3H3. The molecular formula is C8H15Br2O. The predicted molar refractivity (Wildman–Crippen MR) is 55.1 cm³/mol. The molecule has 0 bridgehead atoms. The first-order chi connectivity index (χ1) is 4.90. The zero-order valence-corrected chi connectivity index (χ0v) is 10.4. The van der Waals surface area contributed by atoms with Crippen molar-refractivity contribution in [1.82, 2.24) is 0 Å². The molecular weight excluding hydrogens is 272 g/mol. The molecule has 11 heavy (non-hydrogen) atoms. The fourth-order valence-corrected chi connectivity index (χ4v) is 1.31. The van der Waals surface area contributed by atoms with E-state index in [4.69, 9.17) is 0 Å². The molecule has 0 aromatic rings. The van der Waals surface area contributed by atoms with Crippen LogP contribution in [-0.2, 0) is 5.11 Å². The SMILES string of the molecule is CC(C)CC([O])C(C)(Br)CBr. The molecule has 0 N–H and O–H groups in total. The second kappa shape index (κ2) is 4.83. The molecule has 3 heteroatoms. The molecule has 0 aliphatic rings. The highest BCUT2D eigenvalue weighted by Gasteiger charge is 2.30. The molecule has 1 nitrogen and oxygen atoms in total. The Hall–Kier alpha value is 0.920. The van der Waals surface area contributed by atoms with Crippen LogP contribution in [0.3, 0.4) is 0 Å². The van der Waals surface area contributed by atoms with Crippen LogP contribution in [0.25, 0.3) is 0 Å². The zero-order valence-electron chi connectivity index (χ0n) is 7.23. The monoisotopic (exact) mass is 285 g/mol. The Morgan fingerprint density at radius 3 is 2.18 bits per heavy atom. The molecule has 0 amide bonds. The van der Waals surface area contributed by atoms with Crippen LogP contribution in [0.4, 0.5) is 0 Å². The van der Waals surface area contributed by atoms with Crippen LogP contribution < -0.4 is 0 Å². The van der Waals surface area contributed by atoms with E-state index in [9.17, 15) is 5.11 Å². The normalized spacial score (nSPS) is 19.9. The summed E-state index contributed by atoms with van der Waals surface area (Å²) in [5.41, 5.74) is 0. The van der Waals surface area contributed by atoms with Crippen molar-refractivity contribution in [2.45, 2.75) is 37.6 Å². The summed E-state index contributed by atoms with van der Waals surface area (Å²) >= 11 is 6.73. The van der Waals surface area contributed by atoms with Crippen LogP contribution in [0, 0.1) is 5.92 Å². The van der Waals surface area contributed by atoms with Gasteiger partial charge in [-0.25, -0.2) is 5.11 Å². The summed E-state index contributed by atoms with van der Waals surface area (Å²) in [6.45, 7) is 6.08. The molecule has 0 aliphatic heterocycles. The molecule has 67 valence electrons. The largest absolute Gasteiger partial charge is 0.232 e. The van der Waals surface area contributed by atoms with Gasteiger partial charge in [-0.2, -0.15) is 0 Å². The van der Waals surface area contributed by atoms with E-state index < -0.39 is 6.10 Å². The third kappa shape index (κ3) is 4.48. The van der Waals surface area contributed by atoms with E-state index in [0.717, 1.165) is 6.42 Å². The van der Waals surface area contributed by atoms with Crippen LogP contribution >= 0.6 is 31.9 Å². The quantitative estimate of drug-likeness (QED) is 0.706. The van der Waals surface area contributed by atoms with Crippen molar-refractivity contribution in [3.05, 3.63) is 0 Å². The Morgan fingerprint density at radius 2 is 1.91 bits per heavy atom. The second-order valence-corrected chi connectivity index (χ2v) is 5.90. The first-order valence-corrected chi connectivity index (χ1v) is 5.72. The Balaban J connectivity index is 3.90. The fraction of sp³-hybridized carbons (Fsp3) is 1.00. The van der Waals surface area contributed by atoms with Gasteiger partial charge >= 0.3 is 0 Å². The summed E-state index contributed by atoms with van der Waals surface area (Å²) in [6, 6.07) is 0. The summed E-state index contributed by atoms with van der Waals surface area (Å²) in [5, 5.41) is 12.2. The van der Waals surface area contributed by atoms with E-state index in [-0.39, 0.29) is 4.32 Å². The van der Waals surface area contributed by atoms with Crippen LogP contribution in [0.2, 0.25) is 0 Å². The molecule has 0 saturated carbocycles. The third-order valence-electron chi connectivity index (χ3n) is 1.62. The molecule has 0 aromatic heterocycles. The lowest BCUT2D eigenvalue weighted by Gasteiger charge is -2.25. The smallest absolute Gasteiger partial charge is 0.109 e. The lowest BCUT2D eigenvalue weighted by molar-refractivity contribution is 0.0498. The number of rotatable bonds is 4. The maximum absolute atomic E-state index is 11.5. The maximum atomic E-state index is 11.5. The molecule has 2 atom stereocenters. The molecule has 0 spiro atoms. The van der Waals surface area contributed by atoms with Crippen LogP contribution in [0.5, 0.6) is 0 Å². The molecule has 0 saturated heterocycles. The minimum atomic E-state index is -0.526. The lowest BCUT2D eigenvalue weighted by atomic mass is 9.97. The van der Waals surface area contributed by atoms with E-state index in [1.165, 1.54) is 0 Å². The van der Waals surface area contributed by atoms with Gasteiger partial charge in [0, 0.05) is 5.33 Å². The topological polar surface area (TPSA) is 19.9 Å². The van der Waals surface area contributed by atoms with E-state index in [1.54, 1.807) is 0 Å². The van der Waals surface area contributed by atoms with Gasteiger partial charge in [0.05, 0.1) is 4.32 Å². The summed E-state index contributed by atoms with van der Waals surface area (Å²) in [7, 11) is 0. The summed E-state index contributed by atoms with van der Waals surface area (Å²) in [6.07, 6.45) is 0.203. The van der Waals surface area contributed by atoms with Crippen molar-refractivity contribution in [3.8, 4) is 0 Å². The summed E-state index contributed by atoms with van der Waals surface area (Å²) in [4.78, 5) is 0. The minimum Gasteiger partial charge on any atom is -0.232 e. The molecule has 0 aliphatic carbocycles. The van der Waals surface area contributed by atoms with Crippen molar-refractivity contribution in [2.24, 2.45) is 5.92 Å². The van der Waals surface area contributed by atoms with Crippen molar-refractivity contribution in [1.29, 1.82) is 0 Å². The number of alkyl halides is 2. The first kappa shape index (κ1) is 11.9. The van der Waals surface area contributed by atoms with Gasteiger partial charge in [0.1, 0.15) is 6.10 Å². The van der Waals surface area contributed by atoms with Gasteiger partial charge in [-0.3, -0.25) is 0 Å². The third-order valence-corrected chi connectivity index (χ3v) is 4.33. The predicted octanol–water partition coefficient (Wildman–Crippen LogP) is 3.38. The molecule has 1 radical (unpaired) electrons. The van der Waals surface area contributed by atoms with E-state index in [1.807, 2.05) is 6.92 Å². The number of hydrogen-bond donors (Lipinski definition) is 0. The van der Waals surface area contributed by atoms with Crippen molar-refractivity contribution in [3.63, 3.8) is 0 Å². The summed E-state index contributed by atoms with van der Waals surface area (Å²) < 4.78 is -0.294. The molecule has 0 rings (SSSR count). The van der Waals surface area contributed by atoms with Gasteiger partial charge in [-0.05, 0) is 19.3 Å². The zero-order chi connectivity index (χ0) is 9.07. The number of halogens is 2. The lowest BCUT2D eigenvalue weighted by Crippen LogP contribution is -2.34. The maximum Gasteiger partial charge on any atom is 0.109 e. The highest BCUT2D eigenvalue weighted by Crippen LogP contribution is 2.28. The van der Waals surface area contributed by atoms with Gasteiger partial charge in [0.25, 0.3) is 0 Å². The van der Waals surface area contributed by atoms with Crippen LogP contribution in [-0.4, -0.2) is 15.8 Å². The van der Waals surface area contributed by atoms with Gasteiger partial charge in [-0.15, -0.1) is 0 Å². The molecule has 0 aromatic carbocycles. The van der Waals surface area contributed by atoms with E-state index >= 15 is 0 Å². The Labute approximate surface area is 85.8 Å². The minimum absolute atomic E-state index is 0.294. The van der Waals surface area contributed by atoms with Crippen molar-refractivity contribution < 1.29 is 5.11 Å². The average molecular weight is 287 g/mol. The second-order valence-electron chi connectivity index (χ2n) is 3.53. The van der Waals surface area contributed by atoms with Gasteiger partial charge in [-0.1, -0.05) is 45.7 Å². The fourth-order valence-electron chi connectivity index (χ4n) is 0.760. The molecule has 0 fully saturated rings. The van der Waals surface area contributed by atoms with Gasteiger partial charge in [0.2, 0.25) is 0 Å². The average Bonchev–Trinajstić information content (AvgIpc) is 1.86. The molecule has 0 heterocycles. The number of hydrogen-bond acceptors (Lipinski definition) is 0. The highest BCUT2D eigenvalue weighted by atomic mass is 79.9. The summed E-state index contributed by atoms with van der Waals surface area (Å²) in [5.74, 6) is 0.480. The van der Waals surface area contributed by atoms with Gasteiger partial charge < -0.3 is 0 Å². The Bertz CT molecular complexity index is 113.